The van der Waals surface area contributed by atoms with E-state index in [1.54, 1.807) is 0 Å². The molecule has 19 heavy (non-hydrogen) atoms. The fourth-order valence-electron chi connectivity index (χ4n) is 1.46. The van der Waals surface area contributed by atoms with Crippen molar-refractivity contribution >= 4 is 23.6 Å². The number of carbonyl (C=O) groups excluding carboxylic acids is 3. The van der Waals surface area contributed by atoms with E-state index < -0.39 is 17.8 Å². The summed E-state index contributed by atoms with van der Waals surface area (Å²) >= 11 is 0. The molecule has 0 spiro atoms. The number of hydrogen-bond acceptors (Lipinski definition) is 5. The second kappa shape index (κ2) is 7.42. The quantitative estimate of drug-likeness (QED) is 0.457. The van der Waals surface area contributed by atoms with Gasteiger partial charge in [-0.1, -0.05) is 0 Å². The van der Waals surface area contributed by atoms with Crippen molar-refractivity contribution in [2.24, 2.45) is 0 Å². The molecule has 1 heterocycles. The summed E-state index contributed by atoms with van der Waals surface area (Å²) in [4.78, 5) is 45.0. The Morgan fingerprint density at radius 1 is 1.05 bits per heavy atom. The van der Waals surface area contributed by atoms with Gasteiger partial charge >= 0.3 is 5.97 Å². The third-order valence-corrected chi connectivity index (χ3v) is 2.50. The van der Waals surface area contributed by atoms with Gasteiger partial charge in [0.05, 0.1) is 19.6 Å². The number of ketones is 1. The normalized spacial score (nSPS) is 14.2. The Morgan fingerprint density at radius 3 is 2.21 bits per heavy atom. The standard InChI is InChI=1S/C12H15NO6/c14-9(4-7-19-8-5-12(17)18)3-6-13-10(15)1-2-11(13)16/h1-2H,3-8H2,(H,17,18). The number of ether oxygens (including phenoxy) is 1. The Kier molecular flexibility index (Phi) is 5.87. The fourth-order valence-corrected chi connectivity index (χ4v) is 1.46. The maximum Gasteiger partial charge on any atom is 0.305 e. The van der Waals surface area contributed by atoms with Crippen LogP contribution in [0.1, 0.15) is 19.3 Å². The molecule has 2 amide bonds. The van der Waals surface area contributed by atoms with E-state index in [4.69, 9.17) is 9.84 Å². The van der Waals surface area contributed by atoms with E-state index in [1.165, 1.54) is 12.2 Å². The first kappa shape index (κ1) is 15.0. The summed E-state index contributed by atoms with van der Waals surface area (Å²) in [5.41, 5.74) is 0. The van der Waals surface area contributed by atoms with Crippen molar-refractivity contribution < 1.29 is 29.0 Å². The molecule has 0 fully saturated rings. The van der Waals surface area contributed by atoms with Crippen molar-refractivity contribution in [2.75, 3.05) is 19.8 Å². The zero-order chi connectivity index (χ0) is 14.3. The molecule has 0 radical (unpaired) electrons. The highest BCUT2D eigenvalue weighted by Crippen LogP contribution is 2.05. The topological polar surface area (TPSA) is 101 Å². The number of aliphatic carboxylic acids is 1. The minimum atomic E-state index is -0.954. The lowest BCUT2D eigenvalue weighted by molar-refractivity contribution is -0.138. The van der Waals surface area contributed by atoms with E-state index in [0.29, 0.717) is 0 Å². The lowest BCUT2D eigenvalue weighted by Crippen LogP contribution is -2.32. The van der Waals surface area contributed by atoms with Gasteiger partial charge < -0.3 is 9.84 Å². The molecule has 0 aliphatic carbocycles. The van der Waals surface area contributed by atoms with Gasteiger partial charge in [0.25, 0.3) is 11.8 Å². The molecule has 1 N–H and O–H groups in total. The van der Waals surface area contributed by atoms with E-state index in [-0.39, 0.29) is 44.8 Å². The highest BCUT2D eigenvalue weighted by Gasteiger charge is 2.23. The molecule has 0 saturated carbocycles. The van der Waals surface area contributed by atoms with Crippen LogP contribution >= 0.6 is 0 Å². The van der Waals surface area contributed by atoms with Crippen molar-refractivity contribution in [3.05, 3.63) is 12.2 Å². The summed E-state index contributed by atoms with van der Waals surface area (Å²) in [5.74, 6) is -1.90. The summed E-state index contributed by atoms with van der Waals surface area (Å²) in [6.45, 7) is 0.278. The lowest BCUT2D eigenvalue weighted by atomic mass is 10.2. The molecule has 7 heteroatoms. The van der Waals surface area contributed by atoms with E-state index in [0.717, 1.165) is 4.90 Å². The van der Waals surface area contributed by atoms with Crippen molar-refractivity contribution in [3.8, 4) is 0 Å². The van der Waals surface area contributed by atoms with E-state index in [9.17, 15) is 19.2 Å². The molecule has 7 nitrogen and oxygen atoms in total. The van der Waals surface area contributed by atoms with Crippen LogP contribution in [-0.4, -0.2) is 53.3 Å². The Morgan fingerprint density at radius 2 is 1.63 bits per heavy atom. The van der Waals surface area contributed by atoms with E-state index in [2.05, 4.69) is 0 Å². The molecule has 1 rings (SSSR count). The highest BCUT2D eigenvalue weighted by atomic mass is 16.5. The minimum Gasteiger partial charge on any atom is -0.481 e. The molecule has 0 unspecified atom stereocenters. The molecule has 104 valence electrons. The molecule has 0 saturated heterocycles. The zero-order valence-electron chi connectivity index (χ0n) is 10.3. The third kappa shape index (κ3) is 5.43. The van der Waals surface area contributed by atoms with Crippen molar-refractivity contribution in [3.63, 3.8) is 0 Å². The van der Waals surface area contributed by atoms with Crippen molar-refractivity contribution in [2.45, 2.75) is 19.3 Å². The van der Waals surface area contributed by atoms with Gasteiger partial charge in [-0.2, -0.15) is 0 Å². The van der Waals surface area contributed by atoms with E-state index >= 15 is 0 Å². The van der Waals surface area contributed by atoms with Gasteiger partial charge in [-0.3, -0.25) is 24.1 Å². The smallest absolute Gasteiger partial charge is 0.305 e. The van der Waals surface area contributed by atoms with Crippen LogP contribution in [0.15, 0.2) is 12.2 Å². The maximum absolute atomic E-state index is 11.4. The SMILES string of the molecule is O=C(O)CCOCCC(=O)CCN1C(=O)C=CC1=O. The molecule has 1 aliphatic heterocycles. The number of nitrogens with zero attached hydrogens (tertiary/aromatic N) is 1. The Labute approximate surface area is 109 Å². The van der Waals surface area contributed by atoms with Gasteiger partial charge in [0, 0.05) is 31.5 Å². The second-order valence-corrected chi connectivity index (χ2v) is 3.96. The Balaban J connectivity index is 2.10. The number of carboxylic acid groups (broad SMARTS) is 1. The largest absolute Gasteiger partial charge is 0.481 e. The van der Waals surface area contributed by atoms with Crippen LogP contribution in [0.3, 0.4) is 0 Å². The van der Waals surface area contributed by atoms with E-state index in [1.807, 2.05) is 0 Å². The van der Waals surface area contributed by atoms with Gasteiger partial charge in [-0.25, -0.2) is 0 Å². The number of carbonyl (C=O) groups is 4. The maximum atomic E-state index is 11.4. The Bertz CT molecular complexity index is 396. The summed E-state index contributed by atoms with van der Waals surface area (Å²) in [6, 6.07) is 0. The van der Waals surface area contributed by atoms with Crippen molar-refractivity contribution in [1.29, 1.82) is 0 Å². The fraction of sp³-hybridized carbons (Fsp3) is 0.500. The summed E-state index contributed by atoms with van der Waals surface area (Å²) < 4.78 is 4.97. The average molecular weight is 269 g/mol. The number of Topliss-reactive ketones (excluding diaryl/α,β-unsaturated/α-hetero) is 1. The van der Waals surface area contributed by atoms with Gasteiger partial charge in [0.15, 0.2) is 0 Å². The number of imide groups is 1. The summed E-state index contributed by atoms with van der Waals surface area (Å²) in [5, 5.41) is 8.35. The molecule has 0 aromatic rings. The predicted molar refractivity (Wildman–Crippen MR) is 63.2 cm³/mol. The van der Waals surface area contributed by atoms with Crippen LogP contribution in [0.5, 0.6) is 0 Å². The first-order valence-electron chi connectivity index (χ1n) is 5.85. The molecule has 1 aliphatic rings. The van der Waals surface area contributed by atoms with Gasteiger partial charge in [-0.15, -0.1) is 0 Å². The second-order valence-electron chi connectivity index (χ2n) is 3.96. The predicted octanol–water partition coefficient (Wildman–Crippen LogP) is -0.248. The van der Waals surface area contributed by atoms with Crippen LogP contribution < -0.4 is 0 Å². The Hall–Kier alpha value is -2.02. The number of amides is 2. The first-order valence-corrected chi connectivity index (χ1v) is 5.85. The molecule has 0 aromatic carbocycles. The number of carboxylic acids is 1. The minimum absolute atomic E-state index is 0.0651. The van der Waals surface area contributed by atoms with Crippen LogP contribution in [0.25, 0.3) is 0 Å². The molecule has 0 aromatic heterocycles. The van der Waals surface area contributed by atoms with Crippen molar-refractivity contribution in [1.82, 2.24) is 4.90 Å². The zero-order valence-corrected chi connectivity index (χ0v) is 10.3. The van der Waals surface area contributed by atoms with Crippen LogP contribution in [0.4, 0.5) is 0 Å². The first-order chi connectivity index (χ1) is 9.00. The molecule has 0 atom stereocenters. The van der Waals surface area contributed by atoms with Crippen LogP contribution in [0.2, 0.25) is 0 Å². The summed E-state index contributed by atoms with van der Waals surface area (Å²) in [6.07, 6.45) is 2.46. The van der Waals surface area contributed by atoms with Gasteiger partial charge in [0.2, 0.25) is 0 Å². The summed E-state index contributed by atoms with van der Waals surface area (Å²) in [7, 11) is 0. The average Bonchev–Trinajstić information content (AvgIpc) is 2.66. The van der Waals surface area contributed by atoms with Crippen LogP contribution in [0, 0.1) is 0 Å². The molecular formula is C12H15NO6. The van der Waals surface area contributed by atoms with Crippen LogP contribution in [-0.2, 0) is 23.9 Å². The lowest BCUT2D eigenvalue weighted by Gasteiger charge is -2.12. The van der Waals surface area contributed by atoms with Gasteiger partial charge in [0.1, 0.15) is 5.78 Å². The number of rotatable bonds is 9. The molecular weight excluding hydrogens is 254 g/mol. The molecule has 0 bridgehead atoms. The van der Waals surface area contributed by atoms with Gasteiger partial charge in [-0.05, 0) is 0 Å². The third-order valence-electron chi connectivity index (χ3n) is 2.50. The number of hydrogen-bond donors (Lipinski definition) is 1. The highest BCUT2D eigenvalue weighted by molar-refractivity contribution is 6.13. The monoisotopic (exact) mass is 269 g/mol.